The first-order chi connectivity index (χ1) is 7.84. The van der Waals surface area contributed by atoms with E-state index in [2.05, 4.69) is 17.1 Å². The molecule has 0 heterocycles. The van der Waals surface area contributed by atoms with Crippen molar-refractivity contribution in [2.75, 3.05) is 0 Å². The molecule has 0 N–H and O–H groups in total. The lowest BCUT2D eigenvalue weighted by molar-refractivity contribution is 1.08. The standard InChI is InChI=1S/C14H12ClN/c15-14-8-4-7-13(9-14)11-16-10-12-5-2-1-3-6-12/h1-9,11H,10H2. The average Bonchev–Trinajstić information content (AvgIpc) is 2.30. The van der Waals surface area contributed by atoms with Gasteiger partial charge in [0, 0.05) is 11.2 Å². The first kappa shape index (κ1) is 10.9. The Morgan fingerprint density at radius 3 is 2.56 bits per heavy atom. The summed E-state index contributed by atoms with van der Waals surface area (Å²) in [6.07, 6.45) is 1.85. The number of aliphatic imine (C=N–C) groups is 1. The van der Waals surface area contributed by atoms with Crippen LogP contribution in [0.5, 0.6) is 0 Å². The van der Waals surface area contributed by atoms with E-state index in [0.29, 0.717) is 6.54 Å². The maximum atomic E-state index is 5.88. The zero-order valence-electron chi connectivity index (χ0n) is 8.81. The molecular formula is C14H12ClN. The van der Waals surface area contributed by atoms with E-state index in [0.717, 1.165) is 10.6 Å². The van der Waals surface area contributed by atoms with Gasteiger partial charge in [0.15, 0.2) is 0 Å². The van der Waals surface area contributed by atoms with Crippen molar-refractivity contribution in [3.05, 3.63) is 70.7 Å². The fraction of sp³-hybridized carbons (Fsp3) is 0.0714. The molecule has 0 saturated heterocycles. The summed E-state index contributed by atoms with van der Waals surface area (Å²) in [6, 6.07) is 17.8. The van der Waals surface area contributed by atoms with E-state index in [-0.39, 0.29) is 0 Å². The van der Waals surface area contributed by atoms with Crippen LogP contribution in [0.15, 0.2) is 59.6 Å². The molecule has 2 aromatic carbocycles. The highest BCUT2D eigenvalue weighted by atomic mass is 35.5. The fourth-order valence-electron chi connectivity index (χ4n) is 1.43. The molecule has 2 rings (SSSR count). The zero-order valence-corrected chi connectivity index (χ0v) is 9.56. The maximum Gasteiger partial charge on any atom is 0.0639 e. The minimum absolute atomic E-state index is 0.702. The second-order valence-corrected chi connectivity index (χ2v) is 3.95. The minimum atomic E-state index is 0.702. The van der Waals surface area contributed by atoms with Crippen molar-refractivity contribution in [2.45, 2.75) is 6.54 Å². The van der Waals surface area contributed by atoms with Crippen LogP contribution >= 0.6 is 11.6 Å². The van der Waals surface area contributed by atoms with Crippen LogP contribution in [0.4, 0.5) is 0 Å². The van der Waals surface area contributed by atoms with Crippen molar-refractivity contribution in [1.82, 2.24) is 0 Å². The molecule has 0 atom stereocenters. The molecule has 0 spiro atoms. The summed E-state index contributed by atoms with van der Waals surface area (Å²) in [5, 5.41) is 0.740. The van der Waals surface area contributed by atoms with E-state index < -0.39 is 0 Å². The highest BCUT2D eigenvalue weighted by Gasteiger charge is 1.90. The van der Waals surface area contributed by atoms with Crippen LogP contribution in [-0.2, 0) is 6.54 Å². The Bertz CT molecular complexity index is 477. The number of halogens is 1. The van der Waals surface area contributed by atoms with Crippen molar-refractivity contribution in [2.24, 2.45) is 4.99 Å². The van der Waals surface area contributed by atoms with Gasteiger partial charge in [0.2, 0.25) is 0 Å². The number of hydrogen-bond donors (Lipinski definition) is 0. The van der Waals surface area contributed by atoms with E-state index in [4.69, 9.17) is 11.6 Å². The van der Waals surface area contributed by atoms with Gasteiger partial charge in [-0.15, -0.1) is 0 Å². The second kappa shape index (κ2) is 5.47. The lowest BCUT2D eigenvalue weighted by Crippen LogP contribution is -1.83. The van der Waals surface area contributed by atoms with Gasteiger partial charge in [-0.1, -0.05) is 54.1 Å². The first-order valence-electron chi connectivity index (χ1n) is 5.14. The normalized spacial score (nSPS) is 10.8. The van der Waals surface area contributed by atoms with Crippen molar-refractivity contribution >= 4 is 17.8 Å². The largest absolute Gasteiger partial charge is 0.288 e. The molecule has 0 aliphatic rings. The van der Waals surface area contributed by atoms with E-state index in [1.165, 1.54) is 5.56 Å². The summed E-state index contributed by atoms with van der Waals surface area (Å²) in [6.45, 7) is 0.702. The van der Waals surface area contributed by atoms with Crippen molar-refractivity contribution in [1.29, 1.82) is 0 Å². The maximum absolute atomic E-state index is 5.88. The summed E-state index contributed by atoms with van der Waals surface area (Å²) in [7, 11) is 0. The summed E-state index contributed by atoms with van der Waals surface area (Å²) in [5.41, 5.74) is 2.24. The van der Waals surface area contributed by atoms with Crippen LogP contribution in [0.1, 0.15) is 11.1 Å². The molecule has 16 heavy (non-hydrogen) atoms. The van der Waals surface area contributed by atoms with Crippen molar-refractivity contribution in [3.63, 3.8) is 0 Å². The summed E-state index contributed by atoms with van der Waals surface area (Å²) in [5.74, 6) is 0. The monoisotopic (exact) mass is 229 g/mol. The SMILES string of the molecule is Clc1cccc(C=NCc2ccccc2)c1. The van der Waals surface area contributed by atoms with Crippen molar-refractivity contribution < 1.29 is 0 Å². The summed E-state index contributed by atoms with van der Waals surface area (Å²) in [4.78, 5) is 4.37. The molecule has 0 bridgehead atoms. The van der Waals surface area contributed by atoms with E-state index in [1.807, 2.05) is 48.7 Å². The molecule has 2 aromatic rings. The number of benzene rings is 2. The molecule has 0 aliphatic carbocycles. The Kier molecular flexibility index (Phi) is 3.73. The molecule has 2 heteroatoms. The highest BCUT2D eigenvalue weighted by molar-refractivity contribution is 6.30. The molecule has 0 unspecified atom stereocenters. The van der Waals surface area contributed by atoms with E-state index in [9.17, 15) is 0 Å². The Labute approximate surface area is 100 Å². The van der Waals surface area contributed by atoms with E-state index >= 15 is 0 Å². The van der Waals surface area contributed by atoms with Crippen LogP contribution in [0.25, 0.3) is 0 Å². The Morgan fingerprint density at radius 1 is 1.00 bits per heavy atom. The third-order valence-electron chi connectivity index (χ3n) is 2.21. The first-order valence-corrected chi connectivity index (χ1v) is 5.52. The van der Waals surface area contributed by atoms with Crippen LogP contribution in [-0.4, -0.2) is 6.21 Å². The molecule has 0 saturated carbocycles. The Morgan fingerprint density at radius 2 is 1.81 bits per heavy atom. The third kappa shape index (κ3) is 3.21. The van der Waals surface area contributed by atoms with Gasteiger partial charge in [0.1, 0.15) is 0 Å². The average molecular weight is 230 g/mol. The molecular weight excluding hydrogens is 218 g/mol. The molecule has 80 valence electrons. The van der Waals surface area contributed by atoms with Crippen molar-refractivity contribution in [3.8, 4) is 0 Å². The molecule has 1 nitrogen and oxygen atoms in total. The Hall–Kier alpha value is -1.60. The second-order valence-electron chi connectivity index (χ2n) is 3.51. The number of nitrogens with zero attached hydrogens (tertiary/aromatic N) is 1. The van der Waals surface area contributed by atoms with Gasteiger partial charge >= 0.3 is 0 Å². The molecule has 0 radical (unpaired) electrons. The predicted molar refractivity (Wildman–Crippen MR) is 69.2 cm³/mol. The zero-order chi connectivity index (χ0) is 11.2. The van der Waals surface area contributed by atoms with Gasteiger partial charge in [-0.2, -0.15) is 0 Å². The molecule has 0 fully saturated rings. The smallest absolute Gasteiger partial charge is 0.0639 e. The van der Waals surface area contributed by atoms with Crippen LogP contribution in [0.3, 0.4) is 0 Å². The van der Waals surface area contributed by atoms with Gasteiger partial charge in [-0.3, -0.25) is 4.99 Å². The minimum Gasteiger partial charge on any atom is -0.288 e. The van der Waals surface area contributed by atoms with Crippen LogP contribution in [0.2, 0.25) is 5.02 Å². The van der Waals surface area contributed by atoms with E-state index in [1.54, 1.807) is 0 Å². The lowest BCUT2D eigenvalue weighted by Gasteiger charge is -1.96. The van der Waals surface area contributed by atoms with Gasteiger partial charge in [0.25, 0.3) is 0 Å². The van der Waals surface area contributed by atoms with Gasteiger partial charge in [-0.05, 0) is 23.3 Å². The molecule has 0 aliphatic heterocycles. The van der Waals surface area contributed by atoms with Crippen LogP contribution < -0.4 is 0 Å². The highest BCUT2D eigenvalue weighted by Crippen LogP contribution is 2.09. The third-order valence-corrected chi connectivity index (χ3v) is 2.44. The summed E-state index contributed by atoms with van der Waals surface area (Å²) >= 11 is 5.88. The van der Waals surface area contributed by atoms with Gasteiger partial charge in [0.05, 0.1) is 6.54 Å². The fourth-order valence-corrected chi connectivity index (χ4v) is 1.63. The molecule has 0 amide bonds. The lowest BCUT2D eigenvalue weighted by atomic mass is 10.2. The Balaban J connectivity index is 2.00. The summed E-state index contributed by atoms with van der Waals surface area (Å²) < 4.78 is 0. The van der Waals surface area contributed by atoms with Crippen LogP contribution in [0, 0.1) is 0 Å². The number of hydrogen-bond acceptors (Lipinski definition) is 1. The quantitative estimate of drug-likeness (QED) is 0.707. The van der Waals surface area contributed by atoms with Gasteiger partial charge in [-0.25, -0.2) is 0 Å². The van der Waals surface area contributed by atoms with Gasteiger partial charge < -0.3 is 0 Å². The topological polar surface area (TPSA) is 12.4 Å². The molecule has 0 aromatic heterocycles. The number of rotatable bonds is 3. The predicted octanol–water partition coefficient (Wildman–Crippen LogP) is 3.96.